The van der Waals surface area contributed by atoms with E-state index in [1.807, 2.05) is 6.07 Å². The van der Waals surface area contributed by atoms with Gasteiger partial charge in [0.15, 0.2) is 11.5 Å². The number of hydrogen-bond donors (Lipinski definition) is 1. The van der Waals surface area contributed by atoms with Crippen molar-refractivity contribution in [2.24, 2.45) is 0 Å². The van der Waals surface area contributed by atoms with Crippen molar-refractivity contribution in [2.45, 2.75) is 6.54 Å². The van der Waals surface area contributed by atoms with Gasteiger partial charge < -0.3 is 19.4 Å². The average molecular weight is 406 g/mol. The Morgan fingerprint density at radius 3 is 2.80 bits per heavy atom. The highest BCUT2D eigenvalue weighted by molar-refractivity contribution is 5.90. The molecule has 0 unspecified atom stereocenters. The van der Waals surface area contributed by atoms with Gasteiger partial charge in [-0.1, -0.05) is 12.1 Å². The van der Waals surface area contributed by atoms with Crippen molar-refractivity contribution >= 4 is 17.1 Å². The van der Waals surface area contributed by atoms with E-state index < -0.39 is 11.7 Å². The van der Waals surface area contributed by atoms with Gasteiger partial charge in [0.25, 0.3) is 5.56 Å². The van der Waals surface area contributed by atoms with Crippen molar-refractivity contribution in [3.05, 3.63) is 77.1 Å². The summed E-state index contributed by atoms with van der Waals surface area (Å²) in [6.07, 6.45) is 3.05. The zero-order chi connectivity index (χ0) is 20.7. The van der Waals surface area contributed by atoms with Crippen molar-refractivity contribution in [2.75, 3.05) is 12.1 Å². The Morgan fingerprint density at radius 1 is 1.10 bits per heavy atom. The summed E-state index contributed by atoms with van der Waals surface area (Å²) in [5.41, 5.74) is 1.33. The minimum Gasteiger partial charge on any atom is -0.454 e. The molecule has 1 amide bonds. The van der Waals surface area contributed by atoms with Crippen LogP contribution in [0.2, 0.25) is 0 Å². The monoisotopic (exact) mass is 406 g/mol. The summed E-state index contributed by atoms with van der Waals surface area (Å²) in [5.74, 6) is 0.220. The van der Waals surface area contributed by atoms with Crippen LogP contribution in [0.15, 0.2) is 65.7 Å². The van der Waals surface area contributed by atoms with Crippen LogP contribution >= 0.6 is 0 Å². The van der Waals surface area contributed by atoms with Gasteiger partial charge >= 0.3 is 0 Å². The van der Waals surface area contributed by atoms with Gasteiger partial charge in [-0.15, -0.1) is 0 Å². The van der Waals surface area contributed by atoms with Crippen LogP contribution in [0.1, 0.15) is 0 Å². The number of fused-ring (bicyclic) bond motifs is 2. The SMILES string of the molecule is O=C(Cn1ccn2nc(-c3ccc4c(c3)OCO4)cc2c1=O)Nc1ccccc1F. The Bertz CT molecular complexity index is 1340. The molecule has 3 heterocycles. The second-order valence-electron chi connectivity index (χ2n) is 6.69. The van der Waals surface area contributed by atoms with Crippen LogP contribution in [-0.4, -0.2) is 26.9 Å². The van der Waals surface area contributed by atoms with Gasteiger partial charge in [0.2, 0.25) is 12.7 Å². The Morgan fingerprint density at radius 2 is 1.93 bits per heavy atom. The molecule has 2 aromatic heterocycles. The number of nitrogens with zero attached hydrogens (tertiary/aromatic N) is 3. The first-order chi connectivity index (χ1) is 14.6. The van der Waals surface area contributed by atoms with Gasteiger partial charge in [0, 0.05) is 18.0 Å². The quantitative estimate of drug-likeness (QED) is 0.563. The molecule has 0 saturated heterocycles. The maximum atomic E-state index is 13.7. The topological polar surface area (TPSA) is 86.9 Å². The maximum absolute atomic E-state index is 13.7. The smallest absolute Gasteiger partial charge is 0.277 e. The van der Waals surface area contributed by atoms with Gasteiger partial charge in [0.05, 0.1) is 11.4 Å². The molecule has 1 aliphatic rings. The molecule has 0 bridgehead atoms. The van der Waals surface area contributed by atoms with Crippen molar-refractivity contribution < 1.29 is 18.7 Å². The van der Waals surface area contributed by atoms with Crippen molar-refractivity contribution in [3.8, 4) is 22.8 Å². The number of halogens is 1. The molecule has 0 spiro atoms. The molecule has 5 rings (SSSR count). The lowest BCUT2D eigenvalue weighted by Gasteiger charge is -2.08. The second-order valence-corrected chi connectivity index (χ2v) is 6.69. The van der Waals surface area contributed by atoms with Crippen molar-refractivity contribution in [1.29, 1.82) is 0 Å². The minimum atomic E-state index is -0.544. The van der Waals surface area contributed by atoms with Crippen molar-refractivity contribution in [3.63, 3.8) is 0 Å². The Balaban J connectivity index is 1.42. The number of anilines is 1. The zero-order valence-electron chi connectivity index (χ0n) is 15.5. The molecule has 0 saturated carbocycles. The normalized spacial score (nSPS) is 12.3. The molecule has 9 heteroatoms. The number of rotatable bonds is 4. The van der Waals surface area contributed by atoms with E-state index in [1.165, 1.54) is 33.5 Å². The molecule has 1 N–H and O–H groups in total. The zero-order valence-corrected chi connectivity index (χ0v) is 15.5. The molecule has 8 nitrogen and oxygen atoms in total. The van der Waals surface area contributed by atoms with Crippen LogP contribution in [0, 0.1) is 5.82 Å². The van der Waals surface area contributed by atoms with Crippen LogP contribution in [0.25, 0.3) is 16.8 Å². The summed E-state index contributed by atoms with van der Waals surface area (Å²) in [6, 6.07) is 12.9. The van der Waals surface area contributed by atoms with Gasteiger partial charge in [-0.05, 0) is 36.4 Å². The van der Waals surface area contributed by atoms with Gasteiger partial charge in [-0.25, -0.2) is 8.91 Å². The Hall–Kier alpha value is -4.14. The third-order valence-corrected chi connectivity index (χ3v) is 4.73. The fraction of sp³-hybridized carbons (Fsp3) is 0.0952. The van der Waals surface area contributed by atoms with E-state index in [1.54, 1.807) is 30.5 Å². The third kappa shape index (κ3) is 3.16. The third-order valence-electron chi connectivity index (χ3n) is 4.73. The van der Waals surface area contributed by atoms with E-state index in [0.29, 0.717) is 22.7 Å². The lowest BCUT2D eigenvalue weighted by molar-refractivity contribution is -0.116. The molecule has 0 radical (unpaired) electrons. The molecular formula is C21H15FN4O4. The molecule has 1 aliphatic heterocycles. The highest BCUT2D eigenvalue weighted by atomic mass is 19.1. The fourth-order valence-corrected chi connectivity index (χ4v) is 3.25. The van der Waals surface area contributed by atoms with E-state index in [9.17, 15) is 14.0 Å². The average Bonchev–Trinajstić information content (AvgIpc) is 3.38. The van der Waals surface area contributed by atoms with Crippen LogP contribution in [0.4, 0.5) is 10.1 Å². The summed E-state index contributed by atoms with van der Waals surface area (Å²) >= 11 is 0. The molecule has 4 aromatic rings. The summed E-state index contributed by atoms with van der Waals surface area (Å²) < 4.78 is 27.1. The largest absolute Gasteiger partial charge is 0.454 e. The first kappa shape index (κ1) is 17.9. The van der Waals surface area contributed by atoms with Crippen LogP contribution in [0.5, 0.6) is 11.5 Å². The number of amides is 1. The predicted octanol–water partition coefficient (Wildman–Crippen LogP) is 2.67. The van der Waals surface area contributed by atoms with Gasteiger partial charge in [-0.2, -0.15) is 5.10 Å². The minimum absolute atomic E-state index is 0.0612. The highest BCUT2D eigenvalue weighted by Gasteiger charge is 2.16. The second kappa shape index (κ2) is 7.03. The molecule has 0 atom stereocenters. The summed E-state index contributed by atoms with van der Waals surface area (Å²) in [6.45, 7) is -0.0855. The van der Waals surface area contributed by atoms with E-state index >= 15 is 0 Å². The first-order valence-corrected chi connectivity index (χ1v) is 9.12. The molecule has 0 aliphatic carbocycles. The number of para-hydroxylation sites is 1. The van der Waals surface area contributed by atoms with E-state index in [2.05, 4.69) is 10.4 Å². The molecule has 150 valence electrons. The van der Waals surface area contributed by atoms with Gasteiger partial charge in [0.1, 0.15) is 17.9 Å². The number of carbonyl (C=O) groups excluding carboxylic acids is 1. The van der Waals surface area contributed by atoms with Crippen LogP contribution in [-0.2, 0) is 11.3 Å². The van der Waals surface area contributed by atoms with Crippen molar-refractivity contribution in [1.82, 2.24) is 14.2 Å². The molecular weight excluding hydrogens is 391 g/mol. The first-order valence-electron chi connectivity index (χ1n) is 9.12. The Kier molecular flexibility index (Phi) is 4.20. The lowest BCUT2D eigenvalue weighted by Crippen LogP contribution is -2.28. The lowest BCUT2D eigenvalue weighted by atomic mass is 10.1. The maximum Gasteiger partial charge on any atom is 0.277 e. The van der Waals surface area contributed by atoms with E-state index in [0.717, 1.165) is 5.56 Å². The summed E-state index contributed by atoms with van der Waals surface area (Å²) in [7, 11) is 0. The Labute approximate surface area is 169 Å². The number of carbonyl (C=O) groups is 1. The number of aromatic nitrogens is 3. The number of nitrogens with one attached hydrogen (secondary N) is 1. The number of benzene rings is 2. The highest BCUT2D eigenvalue weighted by Crippen LogP contribution is 2.35. The number of hydrogen-bond acceptors (Lipinski definition) is 5. The van der Waals surface area contributed by atoms with Gasteiger partial charge in [-0.3, -0.25) is 9.59 Å². The molecule has 30 heavy (non-hydrogen) atoms. The summed E-state index contributed by atoms with van der Waals surface area (Å²) in [5, 5.41) is 6.89. The van der Waals surface area contributed by atoms with E-state index in [4.69, 9.17) is 9.47 Å². The van der Waals surface area contributed by atoms with Crippen LogP contribution < -0.4 is 20.3 Å². The number of ether oxygens (including phenoxy) is 2. The van der Waals surface area contributed by atoms with Crippen LogP contribution in [0.3, 0.4) is 0 Å². The fourth-order valence-electron chi connectivity index (χ4n) is 3.25. The molecule has 0 fully saturated rings. The standard InChI is InChI=1S/C21H15FN4O4/c22-14-3-1-2-4-15(14)23-20(27)11-25-7-8-26-17(21(25)28)10-16(24-26)13-5-6-18-19(9-13)30-12-29-18/h1-10H,11-12H2,(H,23,27). The summed E-state index contributed by atoms with van der Waals surface area (Å²) in [4.78, 5) is 25.1. The van der Waals surface area contributed by atoms with E-state index in [-0.39, 0.29) is 24.6 Å². The molecule has 2 aromatic carbocycles. The predicted molar refractivity (Wildman–Crippen MR) is 106 cm³/mol.